The molecule has 200 valence electrons. The summed E-state index contributed by atoms with van der Waals surface area (Å²) in [6.45, 7) is 5.80. The second-order valence-electron chi connectivity index (χ2n) is 11.5. The number of hydrogen-bond donors (Lipinski definition) is 1. The van der Waals surface area contributed by atoms with E-state index in [1.54, 1.807) is 13.3 Å². The minimum Gasteiger partial charge on any atom is -0.491 e. The number of nitrogens with zero attached hydrogens (tertiary/aromatic N) is 5. The van der Waals surface area contributed by atoms with Crippen molar-refractivity contribution in [2.24, 2.45) is 0 Å². The van der Waals surface area contributed by atoms with Crippen molar-refractivity contribution in [3.05, 3.63) is 36.8 Å². The van der Waals surface area contributed by atoms with Crippen LogP contribution in [0.25, 0.3) is 22.2 Å². The molecule has 4 fully saturated rings. The highest BCUT2D eigenvalue weighted by atomic mass is 16.6. The molecule has 1 amide bonds. The Morgan fingerprint density at radius 2 is 1.92 bits per heavy atom. The quantitative estimate of drug-likeness (QED) is 0.534. The molecule has 3 aliphatic heterocycles. The first-order valence-electron chi connectivity index (χ1n) is 14.0. The Hall–Kier alpha value is -3.17. The predicted molar refractivity (Wildman–Crippen MR) is 145 cm³/mol. The summed E-state index contributed by atoms with van der Waals surface area (Å²) in [5.41, 5.74) is 9.29. The summed E-state index contributed by atoms with van der Waals surface area (Å²) in [5, 5.41) is 0.902. The Labute approximate surface area is 222 Å². The van der Waals surface area contributed by atoms with Crippen molar-refractivity contribution in [2.45, 2.75) is 69.2 Å². The van der Waals surface area contributed by atoms with E-state index < -0.39 is 0 Å². The van der Waals surface area contributed by atoms with Gasteiger partial charge in [-0.2, -0.15) is 0 Å². The standard InChI is InChI=1S/C29H36N6O3/c1-19(36)33-9-11-34(12-10-33)21-14-22(15-21)35-16-25(26-27(30)31-18-32-28(26)35)20-3-2-4-24(13-20)37-17-29-7-5-23(38-29)6-8-29/h2-4,13,16,18,21-23H,5-12,14-15,17H2,1H3,(H2,30,31,32)/t21?,22?,23-,29-. The van der Waals surface area contributed by atoms with E-state index in [0.29, 0.717) is 30.6 Å². The number of ether oxygens (including phenoxy) is 2. The Morgan fingerprint density at radius 1 is 1.13 bits per heavy atom. The van der Waals surface area contributed by atoms with Gasteiger partial charge in [-0.25, -0.2) is 9.97 Å². The van der Waals surface area contributed by atoms with E-state index in [9.17, 15) is 4.79 Å². The summed E-state index contributed by atoms with van der Waals surface area (Å²) in [4.78, 5) is 25.1. The molecule has 38 heavy (non-hydrogen) atoms. The van der Waals surface area contributed by atoms with Gasteiger partial charge in [-0.05, 0) is 56.2 Å². The van der Waals surface area contributed by atoms with Crippen LogP contribution in [0.3, 0.4) is 0 Å². The fourth-order valence-corrected chi connectivity index (χ4v) is 6.95. The van der Waals surface area contributed by atoms with Gasteiger partial charge in [0.1, 0.15) is 35.7 Å². The second-order valence-corrected chi connectivity index (χ2v) is 11.5. The normalized spacial score (nSPS) is 29.1. The zero-order valence-corrected chi connectivity index (χ0v) is 22.0. The number of fused-ring (bicyclic) bond motifs is 3. The third-order valence-corrected chi connectivity index (χ3v) is 9.30. The topological polar surface area (TPSA) is 98.7 Å². The monoisotopic (exact) mass is 516 g/mol. The molecule has 1 aliphatic carbocycles. The second kappa shape index (κ2) is 9.24. The summed E-state index contributed by atoms with van der Waals surface area (Å²) in [6.07, 6.45) is 10.8. The van der Waals surface area contributed by atoms with Crippen LogP contribution in [0.5, 0.6) is 5.75 Å². The average Bonchev–Trinajstić information content (AvgIpc) is 3.62. The number of hydrogen-bond acceptors (Lipinski definition) is 7. The summed E-state index contributed by atoms with van der Waals surface area (Å²) in [7, 11) is 0. The van der Waals surface area contributed by atoms with Crippen molar-refractivity contribution < 1.29 is 14.3 Å². The molecule has 0 atom stereocenters. The third kappa shape index (κ3) is 4.12. The first-order valence-corrected chi connectivity index (χ1v) is 14.0. The van der Waals surface area contributed by atoms with Crippen molar-refractivity contribution in [2.75, 3.05) is 38.5 Å². The Balaban J connectivity index is 1.10. The molecule has 1 saturated carbocycles. The van der Waals surface area contributed by atoms with Gasteiger partial charge >= 0.3 is 0 Å². The van der Waals surface area contributed by atoms with Crippen LogP contribution in [0.4, 0.5) is 5.82 Å². The van der Waals surface area contributed by atoms with Gasteiger partial charge in [0.2, 0.25) is 5.91 Å². The number of anilines is 1. The molecule has 4 aliphatic rings. The minimum absolute atomic E-state index is 0.103. The molecule has 0 radical (unpaired) electrons. The van der Waals surface area contributed by atoms with E-state index in [1.165, 1.54) is 0 Å². The van der Waals surface area contributed by atoms with Crippen LogP contribution in [-0.2, 0) is 9.53 Å². The van der Waals surface area contributed by atoms with Crippen LogP contribution in [0.15, 0.2) is 36.8 Å². The van der Waals surface area contributed by atoms with Crippen LogP contribution in [-0.4, -0.2) is 80.8 Å². The number of piperazine rings is 1. The van der Waals surface area contributed by atoms with Gasteiger partial charge in [-0.3, -0.25) is 9.69 Å². The highest BCUT2D eigenvalue weighted by Gasteiger charge is 2.46. The van der Waals surface area contributed by atoms with Gasteiger partial charge < -0.3 is 24.7 Å². The molecule has 0 unspecified atom stereocenters. The predicted octanol–water partition coefficient (Wildman–Crippen LogP) is 3.64. The number of carbonyl (C=O) groups is 1. The molecule has 0 spiro atoms. The van der Waals surface area contributed by atoms with E-state index in [1.807, 2.05) is 17.0 Å². The first kappa shape index (κ1) is 23.9. The molecule has 3 aromatic rings. The summed E-state index contributed by atoms with van der Waals surface area (Å²) in [5.74, 6) is 1.52. The highest BCUT2D eigenvalue weighted by Crippen LogP contribution is 2.45. The number of amides is 1. The lowest BCUT2D eigenvalue weighted by molar-refractivity contribution is -0.131. The maximum Gasteiger partial charge on any atom is 0.219 e. The minimum atomic E-state index is -0.103. The lowest BCUT2D eigenvalue weighted by Gasteiger charge is -2.46. The van der Waals surface area contributed by atoms with Crippen molar-refractivity contribution in [3.63, 3.8) is 0 Å². The largest absolute Gasteiger partial charge is 0.491 e. The molecule has 7 rings (SSSR count). The van der Waals surface area contributed by atoms with Crippen molar-refractivity contribution in [1.82, 2.24) is 24.3 Å². The van der Waals surface area contributed by atoms with Crippen LogP contribution in [0.2, 0.25) is 0 Å². The summed E-state index contributed by atoms with van der Waals surface area (Å²) >= 11 is 0. The maximum atomic E-state index is 11.7. The Morgan fingerprint density at radius 3 is 2.63 bits per heavy atom. The zero-order valence-electron chi connectivity index (χ0n) is 22.0. The summed E-state index contributed by atoms with van der Waals surface area (Å²) < 4.78 is 14.8. The number of benzene rings is 1. The zero-order chi connectivity index (χ0) is 25.9. The molecule has 1 aromatic carbocycles. The Bertz CT molecular complexity index is 1350. The van der Waals surface area contributed by atoms with Crippen molar-refractivity contribution in [3.8, 4) is 16.9 Å². The molecule has 9 heteroatoms. The SMILES string of the molecule is CC(=O)N1CCN(C2CC(n3cc(-c4cccc(OC[C@]56CC[C@@H](CC5)O6)c4)c4c(N)ncnc43)C2)CC1. The number of carbonyl (C=O) groups excluding carboxylic acids is 1. The molecule has 3 saturated heterocycles. The smallest absolute Gasteiger partial charge is 0.219 e. The lowest BCUT2D eigenvalue weighted by atomic mass is 9.85. The fraction of sp³-hybridized carbons (Fsp3) is 0.552. The summed E-state index contributed by atoms with van der Waals surface area (Å²) in [6, 6.07) is 9.17. The molecule has 9 nitrogen and oxygen atoms in total. The van der Waals surface area contributed by atoms with Gasteiger partial charge in [0.25, 0.3) is 0 Å². The molecule has 2 aromatic heterocycles. The molecular formula is C29H36N6O3. The number of nitrogen functional groups attached to an aromatic ring is 1. The van der Waals surface area contributed by atoms with E-state index in [2.05, 4.69) is 37.8 Å². The maximum absolute atomic E-state index is 11.7. The van der Waals surface area contributed by atoms with Gasteiger partial charge in [0, 0.05) is 56.9 Å². The number of nitrogens with two attached hydrogens (primary N) is 1. The van der Waals surface area contributed by atoms with E-state index >= 15 is 0 Å². The van der Waals surface area contributed by atoms with Crippen molar-refractivity contribution in [1.29, 1.82) is 0 Å². The van der Waals surface area contributed by atoms with E-state index in [-0.39, 0.29) is 11.5 Å². The van der Waals surface area contributed by atoms with Crippen LogP contribution in [0, 0.1) is 0 Å². The van der Waals surface area contributed by atoms with Gasteiger partial charge in [0.05, 0.1) is 11.5 Å². The highest BCUT2D eigenvalue weighted by molar-refractivity contribution is 6.00. The molecule has 5 heterocycles. The first-order chi connectivity index (χ1) is 18.5. The van der Waals surface area contributed by atoms with Gasteiger partial charge in [0.15, 0.2) is 0 Å². The van der Waals surface area contributed by atoms with Crippen LogP contribution < -0.4 is 10.5 Å². The third-order valence-electron chi connectivity index (χ3n) is 9.30. The van der Waals surface area contributed by atoms with Gasteiger partial charge in [-0.1, -0.05) is 12.1 Å². The molecule has 2 bridgehead atoms. The van der Waals surface area contributed by atoms with E-state index in [0.717, 1.165) is 92.6 Å². The fourth-order valence-electron chi connectivity index (χ4n) is 6.95. The van der Waals surface area contributed by atoms with E-state index in [4.69, 9.17) is 15.2 Å². The van der Waals surface area contributed by atoms with Gasteiger partial charge in [-0.15, -0.1) is 0 Å². The number of rotatable bonds is 6. The average molecular weight is 517 g/mol. The Kier molecular flexibility index (Phi) is 5.81. The molecule has 2 N–H and O–H groups in total. The van der Waals surface area contributed by atoms with Crippen molar-refractivity contribution >= 4 is 22.8 Å². The van der Waals surface area contributed by atoms with Crippen LogP contribution >= 0.6 is 0 Å². The van der Waals surface area contributed by atoms with Crippen LogP contribution in [0.1, 0.15) is 51.5 Å². The molecular weight excluding hydrogens is 480 g/mol. The lowest BCUT2D eigenvalue weighted by Crippen LogP contribution is -2.54. The number of aromatic nitrogens is 3.